The van der Waals surface area contributed by atoms with E-state index in [-0.39, 0.29) is 59.2 Å². The van der Waals surface area contributed by atoms with Gasteiger partial charge < -0.3 is 24.8 Å². The molecule has 2 fully saturated rings. The number of halogens is 2. The maximum absolute atomic E-state index is 2.64. The van der Waals surface area contributed by atoms with Crippen molar-refractivity contribution < 1.29 is 44.0 Å². The van der Waals surface area contributed by atoms with Gasteiger partial charge >= 0.3 is 151 Å². The van der Waals surface area contributed by atoms with Crippen molar-refractivity contribution in [3.05, 3.63) is 65.0 Å². The average Bonchev–Trinajstić information content (AvgIpc) is 3.11. The number of hydrogen-bond donors (Lipinski definition) is 0. The molecule has 1 aromatic rings. The molecule has 0 nitrogen and oxygen atoms in total. The Bertz CT molecular complexity index is 745. The number of benzene rings is 1. The zero-order valence-corrected chi connectivity index (χ0v) is 19.3. The number of hydrogen-bond acceptors (Lipinski definition) is 0. The predicted molar refractivity (Wildman–Crippen MR) is 100 cm³/mol. The van der Waals surface area contributed by atoms with Gasteiger partial charge in [-0.15, -0.1) is 0 Å². The van der Waals surface area contributed by atoms with Gasteiger partial charge in [0.1, 0.15) is 0 Å². The molecule has 25 heavy (non-hydrogen) atoms. The molecule has 130 valence electrons. The second-order valence-electron chi connectivity index (χ2n) is 7.23. The van der Waals surface area contributed by atoms with Crippen molar-refractivity contribution in [2.75, 3.05) is 13.3 Å². The molecule has 1 heterocycles. The first-order chi connectivity index (χ1) is 11.2. The van der Waals surface area contributed by atoms with Crippen molar-refractivity contribution in [2.24, 2.45) is 11.8 Å². The van der Waals surface area contributed by atoms with Crippen LogP contribution in [0.4, 0.5) is 0 Å². The number of rotatable bonds is 0. The van der Waals surface area contributed by atoms with E-state index in [9.17, 15) is 0 Å². The standard InChI is InChI=1S/C20H22P2.2ClH.Ti/c1-21(19-11-15-7-3-4-8-16(15)12-19)22(2)20-13-17-9-5-6-10-18(17)14-20;;;/h3-13,17-18,20H,14H2,1-2H3;2*1H;/q;;;+2/p-2. The quantitative estimate of drug-likeness (QED) is 0.399. The summed E-state index contributed by atoms with van der Waals surface area (Å²) in [6.07, 6.45) is 13.8. The van der Waals surface area contributed by atoms with Crippen molar-refractivity contribution in [1.82, 2.24) is 0 Å². The van der Waals surface area contributed by atoms with E-state index in [1.807, 2.05) is 5.31 Å². The predicted octanol–water partition coefficient (Wildman–Crippen LogP) is 0.244. The van der Waals surface area contributed by atoms with E-state index in [0.717, 1.165) is 25.9 Å². The van der Waals surface area contributed by atoms with Gasteiger partial charge in [-0.05, 0) is 0 Å². The van der Waals surface area contributed by atoms with Gasteiger partial charge in [-0.3, -0.25) is 0 Å². The molecule has 0 spiro atoms. The molecule has 1 aliphatic heterocycles. The van der Waals surface area contributed by atoms with Crippen LogP contribution in [0.5, 0.6) is 0 Å². The number of fused-ring (bicyclic) bond motifs is 6. The van der Waals surface area contributed by atoms with Crippen molar-refractivity contribution in [1.29, 1.82) is 0 Å². The largest absolute Gasteiger partial charge is 1.00 e. The van der Waals surface area contributed by atoms with Crippen molar-refractivity contribution >= 4 is 21.3 Å². The molecular weight excluding hydrogens is 421 g/mol. The summed E-state index contributed by atoms with van der Waals surface area (Å²) in [5.74, 6) is 1.72. The molecule has 7 unspecified atom stereocenters. The van der Waals surface area contributed by atoms with Crippen LogP contribution in [0.15, 0.2) is 53.9 Å². The summed E-state index contributed by atoms with van der Waals surface area (Å²) in [4.78, 5) is 0. The minimum Gasteiger partial charge on any atom is -1.00 e. The van der Waals surface area contributed by atoms with Gasteiger partial charge in [0.2, 0.25) is 0 Å². The zero-order valence-electron chi connectivity index (χ0n) is 14.4. The molecule has 0 N–H and O–H groups in total. The molecule has 3 aliphatic carbocycles. The summed E-state index contributed by atoms with van der Waals surface area (Å²) in [6, 6.07) is 9.26. The summed E-state index contributed by atoms with van der Waals surface area (Å²) in [7, 11) is 0.252. The molecule has 7 atom stereocenters. The molecule has 1 aromatic carbocycles. The van der Waals surface area contributed by atoms with Gasteiger partial charge in [-0.2, -0.15) is 0 Å². The van der Waals surface area contributed by atoms with Crippen molar-refractivity contribution in [2.45, 2.75) is 20.5 Å². The van der Waals surface area contributed by atoms with Crippen LogP contribution in [0.3, 0.4) is 0 Å². The summed E-state index contributed by atoms with van der Waals surface area (Å²) in [5.41, 5.74) is 4.27. The second kappa shape index (κ2) is 7.91. The zero-order chi connectivity index (χ0) is 15.6. The Morgan fingerprint density at radius 3 is 2.64 bits per heavy atom. The Kier molecular flexibility index (Phi) is 6.44. The fourth-order valence-corrected chi connectivity index (χ4v) is 18.3. The summed E-state index contributed by atoms with van der Waals surface area (Å²) in [6.45, 7) is 5.25. The van der Waals surface area contributed by atoms with Gasteiger partial charge in [-0.1, -0.05) is 0 Å². The second-order valence-corrected chi connectivity index (χ2v) is 16.8. The fraction of sp³-hybridized carbons (Fsp3) is 0.400. The van der Waals surface area contributed by atoms with Gasteiger partial charge in [0.05, 0.1) is 0 Å². The Morgan fingerprint density at radius 2 is 1.80 bits per heavy atom. The first-order valence-corrected chi connectivity index (χ1v) is 14.8. The van der Waals surface area contributed by atoms with E-state index in [1.165, 1.54) is 6.42 Å². The average molecular weight is 443 g/mol. The van der Waals surface area contributed by atoms with Gasteiger partial charge in [-0.25, -0.2) is 0 Å². The summed E-state index contributed by atoms with van der Waals surface area (Å²) in [5, 5.41) is 1.87. The minimum atomic E-state index is 0. The Hall–Kier alpha value is 0.594. The SMILES string of the molecule is CP1C2=Cc3ccccc3[CH]2[Ti+2][CH]2C3C=CC=CC3CC2P1C.[Cl-].[Cl-]. The van der Waals surface area contributed by atoms with E-state index in [0.29, 0.717) is 0 Å². The van der Waals surface area contributed by atoms with E-state index in [1.54, 1.807) is 11.1 Å². The topological polar surface area (TPSA) is 0 Å². The Labute approximate surface area is 175 Å². The van der Waals surface area contributed by atoms with E-state index in [2.05, 4.69) is 68.0 Å². The molecule has 5 rings (SSSR count). The van der Waals surface area contributed by atoms with Crippen LogP contribution >= 0.6 is 15.2 Å². The van der Waals surface area contributed by atoms with Gasteiger partial charge in [0.25, 0.3) is 0 Å². The van der Waals surface area contributed by atoms with Crippen LogP contribution in [0, 0.1) is 11.8 Å². The molecule has 1 saturated heterocycles. The molecule has 0 radical (unpaired) electrons. The van der Waals surface area contributed by atoms with E-state index < -0.39 is 0 Å². The van der Waals surface area contributed by atoms with Crippen molar-refractivity contribution in [3.8, 4) is 0 Å². The van der Waals surface area contributed by atoms with Crippen LogP contribution < -0.4 is 24.8 Å². The molecular formula is C20H22Cl2P2Ti. The van der Waals surface area contributed by atoms with E-state index in [4.69, 9.17) is 0 Å². The fourth-order valence-electron chi connectivity index (χ4n) is 4.94. The van der Waals surface area contributed by atoms with E-state index >= 15 is 0 Å². The van der Waals surface area contributed by atoms with Crippen LogP contribution in [0.25, 0.3) is 6.08 Å². The Morgan fingerprint density at radius 1 is 1.04 bits per heavy atom. The third-order valence-corrected chi connectivity index (χ3v) is 18.4. The van der Waals surface area contributed by atoms with Crippen LogP contribution in [0.1, 0.15) is 21.8 Å². The monoisotopic (exact) mass is 442 g/mol. The molecule has 5 heteroatoms. The molecule has 0 bridgehead atoms. The summed E-state index contributed by atoms with van der Waals surface area (Å²) >= 11 is 0.0250. The maximum atomic E-state index is 2.64. The third-order valence-electron chi connectivity index (χ3n) is 6.23. The van der Waals surface area contributed by atoms with Crippen molar-refractivity contribution in [3.63, 3.8) is 0 Å². The van der Waals surface area contributed by atoms with Crippen LogP contribution in [0.2, 0.25) is 4.22 Å². The Balaban J connectivity index is 0.000000911. The van der Waals surface area contributed by atoms with Crippen LogP contribution in [-0.2, 0) is 19.2 Å². The maximum Gasteiger partial charge on any atom is -1.00 e. The summed E-state index contributed by atoms with van der Waals surface area (Å²) < 4.78 is 1.88. The molecule has 1 saturated carbocycles. The molecule has 0 amide bonds. The smallest absolute Gasteiger partial charge is 1.00 e. The normalized spacial score (nSPS) is 39.1. The van der Waals surface area contributed by atoms with Gasteiger partial charge in [0, 0.05) is 0 Å². The van der Waals surface area contributed by atoms with Gasteiger partial charge in [0.15, 0.2) is 0 Å². The minimum absolute atomic E-state index is 0. The number of allylic oxidation sites excluding steroid dienone is 5. The van der Waals surface area contributed by atoms with Crippen LogP contribution in [-0.4, -0.2) is 19.0 Å². The molecule has 4 aliphatic rings. The first-order valence-electron chi connectivity index (χ1n) is 8.62. The molecule has 0 aromatic heterocycles. The first kappa shape index (κ1) is 20.3. The third kappa shape index (κ3) is 3.20.